The molecule has 1 aliphatic heterocycles. The summed E-state index contributed by atoms with van der Waals surface area (Å²) >= 11 is 0. The zero-order valence-corrected chi connectivity index (χ0v) is 12.0. The normalized spacial score (nSPS) is 30.5. The van der Waals surface area contributed by atoms with Crippen molar-refractivity contribution < 1.29 is 9.47 Å². The van der Waals surface area contributed by atoms with Crippen LogP contribution in [0.25, 0.3) is 0 Å². The Kier molecular flexibility index (Phi) is 4.68. The lowest BCUT2D eigenvalue weighted by molar-refractivity contribution is -0.0910. The molecule has 0 aromatic carbocycles. The fraction of sp³-hybridized carbons (Fsp3) is 1.00. The molecule has 2 N–H and O–H groups in total. The summed E-state index contributed by atoms with van der Waals surface area (Å²) in [6, 6.07) is 0. The maximum Gasteiger partial charge on any atom is 0.0817 e. The third-order valence-corrected chi connectivity index (χ3v) is 4.65. The molecule has 2 fully saturated rings. The number of hydrogen-bond donors (Lipinski definition) is 1. The molecule has 2 atom stereocenters. The summed E-state index contributed by atoms with van der Waals surface area (Å²) in [4.78, 5) is 0. The maximum atomic E-state index is 6.27. The first-order valence-electron chi connectivity index (χ1n) is 7.60. The Bertz CT molecular complexity index is 259. The first-order chi connectivity index (χ1) is 8.55. The molecule has 0 bridgehead atoms. The van der Waals surface area contributed by atoms with Gasteiger partial charge in [0.1, 0.15) is 0 Å². The minimum absolute atomic E-state index is 0.193. The van der Waals surface area contributed by atoms with Crippen molar-refractivity contribution in [1.29, 1.82) is 0 Å². The molecule has 2 unspecified atom stereocenters. The van der Waals surface area contributed by atoms with Crippen molar-refractivity contribution >= 4 is 0 Å². The summed E-state index contributed by atoms with van der Waals surface area (Å²) < 4.78 is 12.0. The summed E-state index contributed by atoms with van der Waals surface area (Å²) in [6.45, 7) is 5.50. The zero-order chi connectivity index (χ0) is 13.1. The van der Waals surface area contributed by atoms with Crippen molar-refractivity contribution in [2.24, 2.45) is 5.73 Å². The van der Waals surface area contributed by atoms with Crippen molar-refractivity contribution in [2.45, 2.75) is 82.5 Å². The van der Waals surface area contributed by atoms with Gasteiger partial charge in [0.15, 0.2) is 0 Å². The summed E-state index contributed by atoms with van der Waals surface area (Å²) in [5.74, 6) is 0. The standard InChI is InChI=1S/C15H29NO2/c1-3-14(2,16)12-17-11-13-7-10-15(18-13)8-5-4-6-9-15/h13H,3-12,16H2,1-2H3. The van der Waals surface area contributed by atoms with E-state index in [2.05, 4.69) is 6.92 Å². The molecule has 0 amide bonds. The van der Waals surface area contributed by atoms with E-state index in [1.807, 2.05) is 6.92 Å². The second-order valence-electron chi connectivity index (χ2n) is 6.54. The molecule has 1 saturated carbocycles. The molecule has 106 valence electrons. The van der Waals surface area contributed by atoms with Crippen molar-refractivity contribution in [3.63, 3.8) is 0 Å². The van der Waals surface area contributed by atoms with Crippen LogP contribution in [0.1, 0.15) is 65.2 Å². The Morgan fingerprint density at radius 1 is 1.28 bits per heavy atom. The highest BCUT2D eigenvalue weighted by molar-refractivity contribution is 4.91. The molecule has 3 nitrogen and oxygen atoms in total. The van der Waals surface area contributed by atoms with Crippen LogP contribution in [0.15, 0.2) is 0 Å². The van der Waals surface area contributed by atoms with Gasteiger partial charge >= 0.3 is 0 Å². The third kappa shape index (κ3) is 3.69. The van der Waals surface area contributed by atoms with Gasteiger partial charge in [-0.25, -0.2) is 0 Å². The molecule has 2 aliphatic rings. The number of rotatable bonds is 5. The number of nitrogens with two attached hydrogens (primary N) is 1. The minimum atomic E-state index is -0.193. The highest BCUT2D eigenvalue weighted by atomic mass is 16.6. The van der Waals surface area contributed by atoms with E-state index in [-0.39, 0.29) is 11.1 Å². The van der Waals surface area contributed by atoms with E-state index in [4.69, 9.17) is 15.2 Å². The first-order valence-corrected chi connectivity index (χ1v) is 7.60. The van der Waals surface area contributed by atoms with Crippen LogP contribution in [-0.2, 0) is 9.47 Å². The lowest BCUT2D eigenvalue weighted by atomic mass is 9.83. The van der Waals surface area contributed by atoms with Crippen LogP contribution in [0.4, 0.5) is 0 Å². The van der Waals surface area contributed by atoms with E-state index in [1.165, 1.54) is 38.5 Å². The zero-order valence-electron chi connectivity index (χ0n) is 12.0. The summed E-state index contributed by atoms with van der Waals surface area (Å²) in [7, 11) is 0. The van der Waals surface area contributed by atoms with Crippen molar-refractivity contribution in [3.8, 4) is 0 Å². The van der Waals surface area contributed by atoms with E-state index in [1.54, 1.807) is 0 Å². The van der Waals surface area contributed by atoms with Gasteiger partial charge in [-0.2, -0.15) is 0 Å². The fourth-order valence-electron chi connectivity index (χ4n) is 3.10. The molecule has 1 spiro atoms. The summed E-state index contributed by atoms with van der Waals surface area (Å²) in [6.07, 6.45) is 10.2. The SMILES string of the molecule is CCC(C)(N)COCC1CCC2(CCCCC2)O1. The van der Waals surface area contributed by atoms with E-state index < -0.39 is 0 Å². The molecule has 2 rings (SSSR count). The maximum absolute atomic E-state index is 6.27. The minimum Gasteiger partial charge on any atom is -0.377 e. The highest BCUT2D eigenvalue weighted by Gasteiger charge is 2.40. The molecule has 3 heteroatoms. The lowest BCUT2D eigenvalue weighted by Crippen LogP contribution is -2.41. The predicted molar refractivity (Wildman–Crippen MR) is 73.6 cm³/mol. The van der Waals surface area contributed by atoms with Gasteiger partial charge < -0.3 is 15.2 Å². The second-order valence-corrected chi connectivity index (χ2v) is 6.54. The smallest absolute Gasteiger partial charge is 0.0817 e. The summed E-state index contributed by atoms with van der Waals surface area (Å²) in [5.41, 5.74) is 6.09. The molecule has 1 heterocycles. The third-order valence-electron chi connectivity index (χ3n) is 4.65. The molecule has 0 radical (unpaired) electrons. The lowest BCUT2D eigenvalue weighted by Gasteiger charge is -2.33. The highest BCUT2D eigenvalue weighted by Crippen LogP contribution is 2.41. The quantitative estimate of drug-likeness (QED) is 0.821. The molecule has 1 aliphatic carbocycles. The van der Waals surface area contributed by atoms with Gasteiger partial charge in [0.25, 0.3) is 0 Å². The van der Waals surface area contributed by atoms with Gasteiger partial charge in [-0.05, 0) is 39.0 Å². The van der Waals surface area contributed by atoms with Gasteiger partial charge in [0.05, 0.1) is 24.9 Å². The molecule has 0 aromatic rings. The summed E-state index contributed by atoms with van der Waals surface area (Å²) in [5, 5.41) is 0. The molecular weight excluding hydrogens is 226 g/mol. The average molecular weight is 255 g/mol. The van der Waals surface area contributed by atoms with Crippen molar-refractivity contribution in [1.82, 2.24) is 0 Å². The van der Waals surface area contributed by atoms with Crippen LogP contribution in [0, 0.1) is 0 Å². The van der Waals surface area contributed by atoms with E-state index in [0.29, 0.717) is 19.3 Å². The second kappa shape index (κ2) is 5.89. The Morgan fingerprint density at radius 2 is 2.00 bits per heavy atom. The molecule has 1 saturated heterocycles. The van der Waals surface area contributed by atoms with Crippen molar-refractivity contribution in [3.05, 3.63) is 0 Å². The van der Waals surface area contributed by atoms with E-state index in [0.717, 1.165) is 12.8 Å². The Hall–Kier alpha value is -0.120. The van der Waals surface area contributed by atoms with Crippen LogP contribution in [-0.4, -0.2) is 30.5 Å². The molecule has 18 heavy (non-hydrogen) atoms. The van der Waals surface area contributed by atoms with Gasteiger partial charge in [-0.1, -0.05) is 26.2 Å². The topological polar surface area (TPSA) is 44.5 Å². The molecular formula is C15H29NO2. The Labute approximate surface area is 111 Å². The van der Waals surface area contributed by atoms with Gasteiger partial charge in [-0.15, -0.1) is 0 Å². The first kappa shape index (κ1) is 14.3. The van der Waals surface area contributed by atoms with Crippen LogP contribution in [0.2, 0.25) is 0 Å². The number of hydrogen-bond acceptors (Lipinski definition) is 3. The van der Waals surface area contributed by atoms with Crippen LogP contribution in [0.5, 0.6) is 0 Å². The fourth-order valence-corrected chi connectivity index (χ4v) is 3.10. The van der Waals surface area contributed by atoms with Crippen LogP contribution in [0.3, 0.4) is 0 Å². The largest absolute Gasteiger partial charge is 0.377 e. The van der Waals surface area contributed by atoms with E-state index >= 15 is 0 Å². The predicted octanol–water partition coefficient (Wildman–Crippen LogP) is 3.01. The van der Waals surface area contributed by atoms with Crippen molar-refractivity contribution in [2.75, 3.05) is 13.2 Å². The average Bonchev–Trinajstić information content (AvgIpc) is 2.73. The number of ether oxygens (including phenoxy) is 2. The van der Waals surface area contributed by atoms with Gasteiger partial charge in [0, 0.05) is 5.54 Å². The van der Waals surface area contributed by atoms with Crippen LogP contribution >= 0.6 is 0 Å². The van der Waals surface area contributed by atoms with E-state index in [9.17, 15) is 0 Å². The monoisotopic (exact) mass is 255 g/mol. The van der Waals surface area contributed by atoms with Gasteiger partial charge in [-0.3, -0.25) is 0 Å². The Balaban J connectivity index is 1.69. The molecule has 0 aromatic heterocycles. The van der Waals surface area contributed by atoms with Gasteiger partial charge in [0.2, 0.25) is 0 Å². The Morgan fingerprint density at radius 3 is 2.67 bits per heavy atom. The van der Waals surface area contributed by atoms with Crippen LogP contribution < -0.4 is 5.73 Å².